The van der Waals surface area contributed by atoms with Crippen LogP contribution in [0.3, 0.4) is 0 Å². The van der Waals surface area contributed by atoms with Gasteiger partial charge in [-0.3, -0.25) is 10.2 Å². The summed E-state index contributed by atoms with van der Waals surface area (Å²) in [4.78, 5) is 11.6. The topological polar surface area (TPSA) is 64.3 Å². The van der Waals surface area contributed by atoms with Gasteiger partial charge in [-0.1, -0.05) is 32.9 Å². The molecule has 1 aromatic rings. The van der Waals surface area contributed by atoms with Gasteiger partial charge in [0.1, 0.15) is 5.75 Å². The van der Waals surface area contributed by atoms with E-state index in [0.29, 0.717) is 5.75 Å². The Morgan fingerprint density at radius 2 is 2.18 bits per heavy atom. The standard InChI is InChI=1S/C13H20N2O2/c1-4-10-6-5-7-11(8-10)17-12(9(2)3)13(16)15-14/h5-9,12H,4,14H2,1-3H3,(H,15,16). The van der Waals surface area contributed by atoms with Crippen LogP contribution in [-0.4, -0.2) is 12.0 Å². The fraction of sp³-hybridized carbons (Fsp3) is 0.462. The quantitative estimate of drug-likeness (QED) is 0.464. The molecule has 0 aliphatic rings. The van der Waals surface area contributed by atoms with E-state index in [4.69, 9.17) is 10.6 Å². The van der Waals surface area contributed by atoms with Crippen LogP contribution < -0.4 is 16.0 Å². The molecule has 0 fully saturated rings. The lowest BCUT2D eigenvalue weighted by Gasteiger charge is -2.21. The molecular formula is C13H20N2O2. The number of amides is 1. The molecule has 17 heavy (non-hydrogen) atoms. The number of rotatable bonds is 5. The largest absolute Gasteiger partial charge is 0.480 e. The second kappa shape index (κ2) is 6.25. The third-order valence-electron chi connectivity index (χ3n) is 2.58. The molecule has 1 amide bonds. The molecule has 1 aromatic carbocycles. The molecule has 0 aromatic heterocycles. The Bertz CT molecular complexity index is 377. The molecular weight excluding hydrogens is 216 g/mol. The van der Waals surface area contributed by atoms with E-state index < -0.39 is 6.10 Å². The molecule has 1 atom stereocenters. The average molecular weight is 236 g/mol. The molecule has 94 valence electrons. The summed E-state index contributed by atoms with van der Waals surface area (Å²) in [5.41, 5.74) is 3.31. The van der Waals surface area contributed by atoms with Crippen molar-refractivity contribution in [3.8, 4) is 5.75 Å². The van der Waals surface area contributed by atoms with E-state index in [-0.39, 0.29) is 11.8 Å². The number of hydrogen-bond donors (Lipinski definition) is 2. The van der Waals surface area contributed by atoms with Crippen LogP contribution in [0.1, 0.15) is 26.3 Å². The van der Waals surface area contributed by atoms with Crippen LogP contribution in [0.25, 0.3) is 0 Å². The second-order valence-electron chi connectivity index (χ2n) is 4.29. The number of nitrogens with one attached hydrogen (secondary N) is 1. The zero-order valence-corrected chi connectivity index (χ0v) is 10.6. The number of nitrogens with two attached hydrogens (primary N) is 1. The second-order valence-corrected chi connectivity index (χ2v) is 4.29. The van der Waals surface area contributed by atoms with E-state index in [0.717, 1.165) is 6.42 Å². The maximum Gasteiger partial charge on any atom is 0.275 e. The molecule has 0 saturated heterocycles. The molecule has 3 N–H and O–H groups in total. The van der Waals surface area contributed by atoms with E-state index in [1.54, 1.807) is 0 Å². The van der Waals surface area contributed by atoms with Gasteiger partial charge in [-0.15, -0.1) is 0 Å². The van der Waals surface area contributed by atoms with E-state index in [1.807, 2.05) is 38.1 Å². The first-order valence-corrected chi connectivity index (χ1v) is 5.84. The van der Waals surface area contributed by atoms with Crippen molar-refractivity contribution in [1.29, 1.82) is 0 Å². The maximum absolute atomic E-state index is 11.6. The monoisotopic (exact) mass is 236 g/mol. The van der Waals surface area contributed by atoms with Crippen molar-refractivity contribution in [3.05, 3.63) is 29.8 Å². The number of hydrogen-bond acceptors (Lipinski definition) is 3. The van der Waals surface area contributed by atoms with Gasteiger partial charge in [-0.05, 0) is 30.0 Å². The van der Waals surface area contributed by atoms with Crippen LogP contribution in [0.2, 0.25) is 0 Å². The van der Waals surface area contributed by atoms with E-state index in [2.05, 4.69) is 12.3 Å². The van der Waals surface area contributed by atoms with Crippen LogP contribution in [0.5, 0.6) is 5.75 Å². The number of aryl methyl sites for hydroxylation is 1. The smallest absolute Gasteiger partial charge is 0.275 e. The summed E-state index contributed by atoms with van der Waals surface area (Å²) in [6, 6.07) is 7.74. The Labute approximate surface area is 102 Å². The van der Waals surface area contributed by atoms with Crippen LogP contribution in [-0.2, 0) is 11.2 Å². The van der Waals surface area contributed by atoms with Crippen molar-refractivity contribution in [2.45, 2.75) is 33.3 Å². The summed E-state index contributed by atoms with van der Waals surface area (Å²) in [6.45, 7) is 5.92. The molecule has 4 nitrogen and oxygen atoms in total. The number of carbonyl (C=O) groups is 1. The predicted molar refractivity (Wildman–Crippen MR) is 67.4 cm³/mol. The number of ether oxygens (including phenoxy) is 1. The Morgan fingerprint density at radius 1 is 1.47 bits per heavy atom. The Kier molecular flexibility index (Phi) is 4.97. The average Bonchev–Trinajstić information content (AvgIpc) is 2.35. The van der Waals surface area contributed by atoms with Gasteiger partial charge in [0, 0.05) is 0 Å². The highest BCUT2D eigenvalue weighted by molar-refractivity contribution is 5.80. The maximum atomic E-state index is 11.6. The van der Waals surface area contributed by atoms with E-state index in [9.17, 15) is 4.79 Å². The highest BCUT2D eigenvalue weighted by atomic mass is 16.5. The van der Waals surface area contributed by atoms with Crippen molar-refractivity contribution in [3.63, 3.8) is 0 Å². The SMILES string of the molecule is CCc1cccc(OC(C(=O)NN)C(C)C)c1. The van der Waals surface area contributed by atoms with Gasteiger partial charge in [0.05, 0.1) is 0 Å². The van der Waals surface area contributed by atoms with E-state index >= 15 is 0 Å². The van der Waals surface area contributed by atoms with Gasteiger partial charge < -0.3 is 4.74 Å². The van der Waals surface area contributed by atoms with Gasteiger partial charge in [0.15, 0.2) is 6.10 Å². The summed E-state index contributed by atoms with van der Waals surface area (Å²) in [6.07, 6.45) is 0.374. The Hall–Kier alpha value is -1.55. The minimum absolute atomic E-state index is 0.0591. The van der Waals surface area contributed by atoms with Crippen molar-refractivity contribution in [2.75, 3.05) is 0 Å². The van der Waals surface area contributed by atoms with Crippen molar-refractivity contribution in [2.24, 2.45) is 11.8 Å². The van der Waals surface area contributed by atoms with Crippen molar-refractivity contribution >= 4 is 5.91 Å². The first kappa shape index (κ1) is 13.5. The lowest BCUT2D eigenvalue weighted by Crippen LogP contribution is -2.44. The molecule has 0 bridgehead atoms. The van der Waals surface area contributed by atoms with Crippen LogP contribution in [0.4, 0.5) is 0 Å². The minimum atomic E-state index is -0.563. The van der Waals surface area contributed by atoms with Crippen LogP contribution in [0.15, 0.2) is 24.3 Å². The van der Waals surface area contributed by atoms with Gasteiger partial charge in [-0.2, -0.15) is 0 Å². The van der Waals surface area contributed by atoms with Gasteiger partial charge in [-0.25, -0.2) is 5.84 Å². The molecule has 0 heterocycles. The Morgan fingerprint density at radius 3 is 2.71 bits per heavy atom. The zero-order chi connectivity index (χ0) is 12.8. The molecule has 1 rings (SSSR count). The highest BCUT2D eigenvalue weighted by Gasteiger charge is 2.23. The summed E-state index contributed by atoms with van der Waals surface area (Å²) < 4.78 is 5.68. The molecule has 1 unspecified atom stereocenters. The zero-order valence-electron chi connectivity index (χ0n) is 10.6. The molecule has 0 aliphatic carbocycles. The lowest BCUT2D eigenvalue weighted by atomic mass is 10.1. The number of carbonyl (C=O) groups excluding carboxylic acids is 1. The van der Waals surface area contributed by atoms with E-state index in [1.165, 1.54) is 5.56 Å². The first-order chi connectivity index (χ1) is 8.08. The van der Waals surface area contributed by atoms with Gasteiger partial charge in [0.2, 0.25) is 0 Å². The molecule has 0 spiro atoms. The molecule has 0 saturated carbocycles. The molecule has 4 heteroatoms. The fourth-order valence-corrected chi connectivity index (χ4v) is 1.56. The fourth-order valence-electron chi connectivity index (χ4n) is 1.56. The summed E-state index contributed by atoms with van der Waals surface area (Å²) in [7, 11) is 0. The molecule has 0 radical (unpaired) electrons. The lowest BCUT2D eigenvalue weighted by molar-refractivity contribution is -0.129. The first-order valence-electron chi connectivity index (χ1n) is 5.84. The number of hydrazine groups is 1. The van der Waals surface area contributed by atoms with Crippen LogP contribution in [0, 0.1) is 5.92 Å². The van der Waals surface area contributed by atoms with Crippen LogP contribution >= 0.6 is 0 Å². The van der Waals surface area contributed by atoms with Crippen molar-refractivity contribution < 1.29 is 9.53 Å². The summed E-state index contributed by atoms with van der Waals surface area (Å²) in [5, 5.41) is 0. The normalized spacial score (nSPS) is 12.3. The van der Waals surface area contributed by atoms with Gasteiger partial charge >= 0.3 is 0 Å². The minimum Gasteiger partial charge on any atom is -0.480 e. The third-order valence-corrected chi connectivity index (χ3v) is 2.58. The number of benzene rings is 1. The summed E-state index contributed by atoms with van der Waals surface area (Å²) in [5.74, 6) is 5.60. The Balaban J connectivity index is 2.82. The predicted octanol–water partition coefficient (Wildman–Crippen LogP) is 1.64. The van der Waals surface area contributed by atoms with Gasteiger partial charge in [0.25, 0.3) is 5.91 Å². The van der Waals surface area contributed by atoms with Crippen molar-refractivity contribution in [1.82, 2.24) is 5.43 Å². The highest BCUT2D eigenvalue weighted by Crippen LogP contribution is 2.18. The third kappa shape index (κ3) is 3.75. The summed E-state index contributed by atoms with van der Waals surface area (Å²) >= 11 is 0. The molecule has 0 aliphatic heterocycles.